The van der Waals surface area contributed by atoms with Crippen molar-refractivity contribution in [3.8, 4) is 0 Å². The summed E-state index contributed by atoms with van der Waals surface area (Å²) in [4.78, 5) is 0. The van der Waals surface area contributed by atoms with Crippen LogP contribution in [-0.2, 0) is 16.2 Å². The molecule has 0 aliphatic heterocycles. The minimum Gasteiger partial charge on any atom is -0.0894 e. The van der Waals surface area contributed by atoms with Crippen molar-refractivity contribution in [2.45, 2.75) is 91.4 Å². The van der Waals surface area contributed by atoms with E-state index < -0.39 is 0 Å². The normalized spacial score (nSPS) is 15.8. The highest BCUT2D eigenvalue weighted by Gasteiger charge is 2.28. The first-order chi connectivity index (χ1) is 10.3. The lowest BCUT2D eigenvalue weighted by molar-refractivity contribution is 0.554. The van der Waals surface area contributed by atoms with Crippen molar-refractivity contribution in [3.05, 3.63) is 34.4 Å². The number of hydrogen-bond acceptors (Lipinski definition) is 0. The Morgan fingerprint density at radius 1 is 0.739 bits per heavy atom. The maximum atomic E-state index is 3.64. The Morgan fingerprint density at radius 3 is 1.48 bits per heavy atom. The van der Waals surface area contributed by atoms with Gasteiger partial charge >= 0.3 is 0 Å². The Morgan fingerprint density at radius 2 is 1.17 bits per heavy atom. The van der Waals surface area contributed by atoms with Gasteiger partial charge in [0.2, 0.25) is 0 Å². The van der Waals surface area contributed by atoms with Gasteiger partial charge in [-0.1, -0.05) is 79.9 Å². The van der Waals surface area contributed by atoms with Gasteiger partial charge < -0.3 is 0 Å². The molecule has 1 aromatic rings. The Kier molecular flexibility index (Phi) is 4.76. The van der Waals surface area contributed by atoms with E-state index in [0.717, 1.165) is 0 Å². The minimum absolute atomic E-state index is 0.152. The third-order valence-electron chi connectivity index (χ3n) is 4.42. The lowest BCUT2D eigenvalue weighted by Crippen LogP contribution is -2.29. The molecule has 0 spiro atoms. The van der Waals surface area contributed by atoms with Gasteiger partial charge in [-0.25, -0.2) is 0 Å². The predicted octanol–water partition coefficient (Wildman–Crippen LogP) is 6.27. The van der Waals surface area contributed by atoms with Crippen LogP contribution >= 0.6 is 8.20 Å². The molecule has 2 rings (SSSR count). The van der Waals surface area contributed by atoms with E-state index in [1.807, 2.05) is 0 Å². The molecule has 0 unspecified atom stereocenters. The van der Waals surface area contributed by atoms with Crippen LogP contribution in [0.4, 0.5) is 0 Å². The molecule has 126 valence electrons. The fourth-order valence-corrected chi connectivity index (χ4v) is 4.17. The summed E-state index contributed by atoms with van der Waals surface area (Å²) in [6.45, 7) is 21.0. The predicted molar refractivity (Wildman–Crippen MR) is 107 cm³/mol. The van der Waals surface area contributed by atoms with E-state index in [9.17, 15) is 0 Å². The summed E-state index contributed by atoms with van der Waals surface area (Å²) in [5.74, 6) is 0. The maximum Gasteiger partial charge on any atom is 0.0171 e. The largest absolute Gasteiger partial charge is 0.0894 e. The molecule has 0 aromatic heterocycles. The second kappa shape index (κ2) is 5.91. The summed E-state index contributed by atoms with van der Waals surface area (Å²) in [6.07, 6.45) is 2.51. The summed E-state index contributed by atoms with van der Waals surface area (Å²) in [7, 11) is 1.26. The van der Waals surface area contributed by atoms with Crippen molar-refractivity contribution in [1.29, 1.82) is 0 Å². The summed E-state index contributed by atoms with van der Waals surface area (Å²) in [6, 6.07) is 4.91. The van der Waals surface area contributed by atoms with E-state index in [1.54, 1.807) is 0 Å². The Hall–Kier alpha value is -0.830. The zero-order chi connectivity index (χ0) is 17.6. The van der Waals surface area contributed by atoms with Gasteiger partial charge in [0.15, 0.2) is 0 Å². The van der Waals surface area contributed by atoms with Crippen LogP contribution in [0.15, 0.2) is 17.7 Å². The lowest BCUT2D eigenvalue weighted by Gasteiger charge is -2.32. The standard InChI is InChI=1S/C22H33P/c1-20(2,3)16-12-17(21(4,5)6)19(23-14-15-10-11-15)18(13-16)22(7,8)9/h12-13H,10-11H2,1-9H3. The van der Waals surface area contributed by atoms with Crippen LogP contribution in [0.2, 0.25) is 0 Å². The van der Waals surface area contributed by atoms with E-state index in [0.29, 0.717) is 0 Å². The SMILES string of the molecule is CC(C)(C)c1cc(C(C)(C)C)c(P=C=C2CC2)c(C(C)(C)C)c1. The fourth-order valence-electron chi connectivity index (χ4n) is 2.64. The van der Waals surface area contributed by atoms with E-state index >= 15 is 0 Å². The molecule has 1 aromatic carbocycles. The highest BCUT2D eigenvalue weighted by atomic mass is 31.1. The molecule has 0 N–H and O–H groups in total. The van der Waals surface area contributed by atoms with E-state index in [-0.39, 0.29) is 16.2 Å². The summed E-state index contributed by atoms with van der Waals surface area (Å²) in [5.41, 5.74) is 10.1. The van der Waals surface area contributed by atoms with Crippen molar-refractivity contribution in [3.63, 3.8) is 0 Å². The first-order valence-electron chi connectivity index (χ1n) is 8.81. The van der Waals surface area contributed by atoms with E-state index in [2.05, 4.69) is 79.9 Å². The molecular weight excluding hydrogens is 295 g/mol. The first-order valence-corrected chi connectivity index (χ1v) is 9.70. The van der Waals surface area contributed by atoms with Gasteiger partial charge in [0.1, 0.15) is 0 Å². The van der Waals surface area contributed by atoms with Crippen molar-refractivity contribution in [1.82, 2.24) is 0 Å². The number of rotatable bonds is 1. The van der Waals surface area contributed by atoms with Crippen molar-refractivity contribution in [2.24, 2.45) is 0 Å². The molecule has 1 aliphatic carbocycles. The van der Waals surface area contributed by atoms with Gasteiger partial charge in [-0.05, 0) is 59.6 Å². The number of allylic oxidation sites excluding steroid dienone is 1. The van der Waals surface area contributed by atoms with Gasteiger partial charge in [-0.15, -0.1) is 0 Å². The molecule has 1 saturated carbocycles. The van der Waals surface area contributed by atoms with Gasteiger partial charge in [0.25, 0.3) is 0 Å². The van der Waals surface area contributed by atoms with Crippen LogP contribution in [0, 0.1) is 0 Å². The Bertz CT molecular complexity index is 622. The average molecular weight is 328 g/mol. The lowest BCUT2D eigenvalue weighted by atomic mass is 9.75. The van der Waals surface area contributed by atoms with Crippen LogP contribution in [-0.4, -0.2) is 5.45 Å². The molecule has 0 nitrogen and oxygen atoms in total. The van der Waals surface area contributed by atoms with Crippen LogP contribution in [0.1, 0.15) is 91.8 Å². The minimum atomic E-state index is 0.152. The number of hydrogen-bond donors (Lipinski definition) is 0. The summed E-state index contributed by atoms with van der Waals surface area (Å²) >= 11 is 0. The molecule has 0 heterocycles. The van der Waals surface area contributed by atoms with Crippen molar-refractivity contribution in [2.75, 3.05) is 0 Å². The van der Waals surface area contributed by atoms with Crippen LogP contribution in [0.25, 0.3) is 0 Å². The Labute approximate surface area is 145 Å². The molecule has 1 fully saturated rings. The number of benzene rings is 1. The van der Waals surface area contributed by atoms with Gasteiger partial charge in [0.05, 0.1) is 0 Å². The molecule has 1 aliphatic rings. The molecule has 23 heavy (non-hydrogen) atoms. The molecule has 1 heteroatoms. The van der Waals surface area contributed by atoms with Crippen molar-refractivity contribution >= 4 is 19.0 Å². The monoisotopic (exact) mass is 328 g/mol. The van der Waals surface area contributed by atoms with Crippen LogP contribution in [0.5, 0.6) is 0 Å². The first kappa shape index (κ1) is 18.5. The maximum absolute atomic E-state index is 3.64. The third-order valence-corrected chi connectivity index (χ3v) is 5.55. The summed E-state index contributed by atoms with van der Waals surface area (Å²) < 4.78 is 0. The van der Waals surface area contributed by atoms with Gasteiger partial charge in [-0.3, -0.25) is 0 Å². The smallest absolute Gasteiger partial charge is 0.0171 e. The second-order valence-corrected chi connectivity index (χ2v) is 10.9. The highest BCUT2D eigenvalue weighted by Crippen LogP contribution is 2.35. The molecule has 0 amide bonds. The molecule has 0 bridgehead atoms. The quantitative estimate of drug-likeness (QED) is 0.533. The zero-order valence-electron chi connectivity index (χ0n) is 16.5. The van der Waals surface area contributed by atoms with Crippen LogP contribution in [0.3, 0.4) is 0 Å². The van der Waals surface area contributed by atoms with Crippen LogP contribution < -0.4 is 5.30 Å². The third kappa shape index (κ3) is 4.59. The molecule has 0 saturated heterocycles. The Balaban J connectivity index is 2.82. The van der Waals surface area contributed by atoms with Gasteiger partial charge in [-0.2, -0.15) is 0 Å². The zero-order valence-corrected chi connectivity index (χ0v) is 17.4. The van der Waals surface area contributed by atoms with E-state index in [1.165, 1.54) is 48.6 Å². The van der Waals surface area contributed by atoms with Gasteiger partial charge in [0, 0.05) is 5.30 Å². The topological polar surface area (TPSA) is 0 Å². The average Bonchev–Trinajstić information content (AvgIpc) is 3.15. The molecule has 0 atom stereocenters. The highest BCUT2D eigenvalue weighted by molar-refractivity contribution is 7.47. The second-order valence-electron chi connectivity index (χ2n) is 10.00. The summed E-state index contributed by atoms with van der Waals surface area (Å²) in [5, 5.41) is 1.48. The van der Waals surface area contributed by atoms with Crippen molar-refractivity contribution < 1.29 is 0 Å². The fraction of sp³-hybridized carbons (Fsp3) is 0.636. The van der Waals surface area contributed by atoms with E-state index in [4.69, 9.17) is 0 Å². The molecular formula is C22H33P. The molecule has 0 radical (unpaired) electrons.